The third-order valence-corrected chi connectivity index (χ3v) is 5.33. The standard InChI is InChI=1S/C16H13ClN2OS2/c1-21-13-6-5-11-8-12(16(17)18-14(11)9-13)10-22-15-4-2-3-7-19(15)20/h2-9H,10H2,1H3. The molecule has 0 unspecified atom stereocenters. The normalized spacial score (nSPS) is 11.0. The van der Waals surface area contributed by atoms with E-state index >= 15 is 0 Å². The van der Waals surface area contributed by atoms with Crippen LogP contribution in [0.2, 0.25) is 5.15 Å². The Morgan fingerprint density at radius 2 is 2.09 bits per heavy atom. The van der Waals surface area contributed by atoms with Crippen molar-refractivity contribution in [2.75, 3.05) is 6.26 Å². The van der Waals surface area contributed by atoms with Gasteiger partial charge >= 0.3 is 0 Å². The molecule has 0 amide bonds. The van der Waals surface area contributed by atoms with Crippen LogP contribution >= 0.6 is 35.1 Å². The van der Waals surface area contributed by atoms with Crippen LogP contribution in [0.15, 0.2) is 58.6 Å². The number of hydrogen-bond acceptors (Lipinski definition) is 4. The molecule has 0 spiro atoms. The smallest absolute Gasteiger partial charge is 0.251 e. The van der Waals surface area contributed by atoms with Gasteiger partial charge < -0.3 is 5.21 Å². The Bertz CT molecular complexity index is 826. The minimum atomic E-state index is 0.492. The number of halogens is 1. The molecule has 0 aliphatic heterocycles. The van der Waals surface area contributed by atoms with E-state index in [2.05, 4.69) is 17.1 Å². The highest BCUT2D eigenvalue weighted by atomic mass is 35.5. The number of benzene rings is 1. The quantitative estimate of drug-likeness (QED) is 0.300. The number of fused-ring (bicyclic) bond motifs is 1. The van der Waals surface area contributed by atoms with Crippen molar-refractivity contribution in [3.05, 3.63) is 64.6 Å². The molecular weight excluding hydrogens is 336 g/mol. The van der Waals surface area contributed by atoms with E-state index in [1.54, 1.807) is 23.9 Å². The Hall–Kier alpha value is -1.43. The number of hydrogen-bond donors (Lipinski definition) is 0. The molecule has 2 heterocycles. The molecule has 0 N–H and O–H groups in total. The van der Waals surface area contributed by atoms with Crippen LogP contribution in [0.4, 0.5) is 0 Å². The molecule has 0 atom stereocenters. The summed E-state index contributed by atoms with van der Waals surface area (Å²) in [5, 5.41) is 13.9. The summed E-state index contributed by atoms with van der Waals surface area (Å²) < 4.78 is 0.859. The number of rotatable bonds is 4. The monoisotopic (exact) mass is 348 g/mol. The topological polar surface area (TPSA) is 39.8 Å². The van der Waals surface area contributed by atoms with Crippen molar-refractivity contribution in [3.8, 4) is 0 Å². The van der Waals surface area contributed by atoms with E-state index in [4.69, 9.17) is 11.6 Å². The van der Waals surface area contributed by atoms with Gasteiger partial charge in [-0.05, 0) is 30.5 Å². The first-order valence-electron chi connectivity index (χ1n) is 6.61. The lowest BCUT2D eigenvalue weighted by Gasteiger charge is -2.07. The predicted octanol–water partition coefficient (Wildman–Crippen LogP) is 4.54. The summed E-state index contributed by atoms with van der Waals surface area (Å²) in [6.07, 6.45) is 3.53. The van der Waals surface area contributed by atoms with Gasteiger partial charge in [-0.1, -0.05) is 29.4 Å². The van der Waals surface area contributed by atoms with Gasteiger partial charge in [-0.3, -0.25) is 0 Å². The number of nitrogens with zero attached hydrogens (tertiary/aromatic N) is 2. The van der Waals surface area contributed by atoms with E-state index in [9.17, 15) is 5.21 Å². The number of aromatic nitrogens is 2. The van der Waals surface area contributed by atoms with Crippen molar-refractivity contribution in [2.45, 2.75) is 15.7 Å². The first-order chi connectivity index (χ1) is 10.7. The second-order valence-electron chi connectivity index (χ2n) is 4.65. The van der Waals surface area contributed by atoms with Crippen LogP contribution in [0.5, 0.6) is 0 Å². The molecule has 3 aromatic rings. The van der Waals surface area contributed by atoms with Crippen molar-refractivity contribution in [2.24, 2.45) is 0 Å². The van der Waals surface area contributed by atoms with E-state index in [0.717, 1.165) is 26.1 Å². The summed E-state index contributed by atoms with van der Waals surface area (Å²) in [6, 6.07) is 13.6. The Labute approximate surface area is 142 Å². The Morgan fingerprint density at radius 3 is 2.86 bits per heavy atom. The summed E-state index contributed by atoms with van der Waals surface area (Å²) in [7, 11) is 0. The summed E-state index contributed by atoms with van der Waals surface area (Å²) in [6.45, 7) is 0. The minimum Gasteiger partial charge on any atom is -0.618 e. The minimum absolute atomic E-state index is 0.492. The zero-order chi connectivity index (χ0) is 15.5. The maximum absolute atomic E-state index is 11.7. The highest BCUT2D eigenvalue weighted by Crippen LogP contribution is 2.28. The molecule has 0 saturated carbocycles. The van der Waals surface area contributed by atoms with Gasteiger partial charge in [-0.15, -0.1) is 11.8 Å². The summed E-state index contributed by atoms with van der Waals surface area (Å²) in [4.78, 5) is 5.63. The average molecular weight is 349 g/mol. The zero-order valence-electron chi connectivity index (χ0n) is 11.8. The van der Waals surface area contributed by atoms with Crippen molar-refractivity contribution >= 4 is 46.0 Å². The molecule has 0 fully saturated rings. The van der Waals surface area contributed by atoms with Crippen LogP contribution in [0, 0.1) is 5.21 Å². The highest BCUT2D eigenvalue weighted by Gasteiger charge is 2.10. The van der Waals surface area contributed by atoms with E-state index in [1.807, 2.05) is 24.5 Å². The molecule has 0 bridgehead atoms. The van der Waals surface area contributed by atoms with E-state index in [0.29, 0.717) is 15.9 Å². The van der Waals surface area contributed by atoms with Crippen LogP contribution in [0.3, 0.4) is 0 Å². The van der Waals surface area contributed by atoms with Gasteiger partial charge in [0, 0.05) is 33.7 Å². The largest absolute Gasteiger partial charge is 0.618 e. The van der Waals surface area contributed by atoms with Crippen molar-refractivity contribution in [3.63, 3.8) is 0 Å². The van der Waals surface area contributed by atoms with Gasteiger partial charge in [0.1, 0.15) is 5.15 Å². The maximum atomic E-state index is 11.7. The molecule has 112 valence electrons. The Morgan fingerprint density at radius 1 is 1.23 bits per heavy atom. The summed E-state index contributed by atoms with van der Waals surface area (Å²) in [5.41, 5.74) is 1.82. The number of pyridine rings is 2. The molecule has 6 heteroatoms. The van der Waals surface area contributed by atoms with Crippen LogP contribution in [-0.2, 0) is 5.75 Å². The van der Waals surface area contributed by atoms with Gasteiger partial charge in [0.15, 0.2) is 6.20 Å². The van der Waals surface area contributed by atoms with Crippen LogP contribution in [0.25, 0.3) is 10.9 Å². The second-order valence-corrected chi connectivity index (χ2v) is 6.88. The summed E-state index contributed by atoms with van der Waals surface area (Å²) >= 11 is 9.42. The first-order valence-corrected chi connectivity index (χ1v) is 9.20. The fraction of sp³-hybridized carbons (Fsp3) is 0.125. The van der Waals surface area contributed by atoms with Crippen molar-refractivity contribution in [1.82, 2.24) is 4.98 Å². The SMILES string of the molecule is CSc1ccc2cc(CSc3cccc[n+]3[O-])c(Cl)nc2c1. The van der Waals surface area contributed by atoms with Crippen molar-refractivity contribution in [1.29, 1.82) is 0 Å². The van der Waals surface area contributed by atoms with Crippen molar-refractivity contribution < 1.29 is 4.73 Å². The van der Waals surface area contributed by atoms with E-state index in [-0.39, 0.29) is 0 Å². The van der Waals surface area contributed by atoms with Crippen LogP contribution in [0.1, 0.15) is 5.56 Å². The molecule has 0 radical (unpaired) electrons. The third-order valence-electron chi connectivity index (χ3n) is 3.22. The lowest BCUT2D eigenvalue weighted by Crippen LogP contribution is -2.27. The van der Waals surface area contributed by atoms with Gasteiger partial charge in [0.2, 0.25) is 0 Å². The van der Waals surface area contributed by atoms with Crippen LogP contribution in [-0.4, -0.2) is 11.2 Å². The molecule has 1 aromatic carbocycles. The fourth-order valence-electron chi connectivity index (χ4n) is 2.07. The molecule has 0 aliphatic carbocycles. The Kier molecular flexibility index (Phi) is 4.76. The van der Waals surface area contributed by atoms with Gasteiger partial charge in [-0.25, -0.2) is 4.98 Å². The molecule has 3 nitrogen and oxygen atoms in total. The maximum Gasteiger partial charge on any atom is 0.251 e. The van der Waals surface area contributed by atoms with E-state index in [1.165, 1.54) is 18.0 Å². The third kappa shape index (κ3) is 3.32. The number of thioether (sulfide) groups is 2. The zero-order valence-corrected chi connectivity index (χ0v) is 14.2. The van der Waals surface area contributed by atoms with Gasteiger partial charge in [0.05, 0.1) is 5.52 Å². The second kappa shape index (κ2) is 6.77. The van der Waals surface area contributed by atoms with Gasteiger partial charge in [0.25, 0.3) is 5.03 Å². The fourth-order valence-corrected chi connectivity index (χ4v) is 3.68. The molecule has 0 aliphatic rings. The average Bonchev–Trinajstić information content (AvgIpc) is 2.53. The summed E-state index contributed by atoms with van der Waals surface area (Å²) in [5.74, 6) is 0.609. The molecule has 0 saturated heterocycles. The lowest BCUT2D eigenvalue weighted by atomic mass is 10.2. The highest BCUT2D eigenvalue weighted by molar-refractivity contribution is 7.98. The van der Waals surface area contributed by atoms with Crippen LogP contribution < -0.4 is 4.73 Å². The van der Waals surface area contributed by atoms with Gasteiger partial charge in [-0.2, -0.15) is 4.73 Å². The Balaban J connectivity index is 1.88. The molecule has 2 aromatic heterocycles. The predicted molar refractivity (Wildman–Crippen MR) is 93.5 cm³/mol. The first kappa shape index (κ1) is 15.5. The lowest BCUT2D eigenvalue weighted by molar-refractivity contribution is -0.645. The molecular formula is C16H13ClN2OS2. The molecule has 3 rings (SSSR count). The van der Waals surface area contributed by atoms with E-state index < -0.39 is 0 Å². The molecule has 22 heavy (non-hydrogen) atoms.